The zero-order valence-electron chi connectivity index (χ0n) is 9.43. The zero-order valence-corrected chi connectivity index (χ0v) is 9.43. The molecule has 78 valence electrons. The Labute approximate surface area is 86.1 Å². The van der Waals surface area contributed by atoms with Crippen LogP contribution < -0.4 is 5.73 Å². The third-order valence-electron chi connectivity index (χ3n) is 3.57. The van der Waals surface area contributed by atoms with Gasteiger partial charge in [0, 0.05) is 24.0 Å². The molecule has 2 rings (SSSR count). The van der Waals surface area contributed by atoms with Crippen LogP contribution in [0.5, 0.6) is 0 Å². The molecule has 2 nitrogen and oxygen atoms in total. The second kappa shape index (κ2) is 3.13. The highest BCUT2D eigenvalue weighted by molar-refractivity contribution is 5.26. The minimum atomic E-state index is 0.185. The van der Waals surface area contributed by atoms with Crippen molar-refractivity contribution >= 4 is 0 Å². The predicted octanol–water partition coefficient (Wildman–Crippen LogP) is 2.07. The molecule has 0 unspecified atom stereocenters. The monoisotopic (exact) mass is 192 g/mol. The molecular formula is C12H20N2. The Balaban J connectivity index is 2.08. The summed E-state index contributed by atoms with van der Waals surface area (Å²) in [5.74, 6) is 0. The molecule has 0 spiro atoms. The lowest BCUT2D eigenvalue weighted by atomic mass is 10.1. The Morgan fingerprint density at radius 3 is 2.50 bits per heavy atom. The number of hydrogen-bond donors (Lipinski definition) is 1. The summed E-state index contributed by atoms with van der Waals surface area (Å²) in [4.78, 5) is 0. The van der Waals surface area contributed by atoms with Crippen LogP contribution in [-0.2, 0) is 13.5 Å². The van der Waals surface area contributed by atoms with E-state index in [4.69, 9.17) is 5.73 Å². The van der Waals surface area contributed by atoms with Crippen molar-refractivity contribution < 1.29 is 0 Å². The van der Waals surface area contributed by atoms with Gasteiger partial charge < -0.3 is 10.3 Å². The van der Waals surface area contributed by atoms with Gasteiger partial charge >= 0.3 is 0 Å². The maximum Gasteiger partial charge on any atom is 0.0204 e. The first-order valence-corrected chi connectivity index (χ1v) is 5.42. The fraction of sp³-hybridized carbons (Fsp3) is 0.667. The minimum absolute atomic E-state index is 0.185. The summed E-state index contributed by atoms with van der Waals surface area (Å²) in [6, 6.07) is 2.26. The van der Waals surface area contributed by atoms with Crippen LogP contribution in [0.1, 0.15) is 36.2 Å². The van der Waals surface area contributed by atoms with Crippen molar-refractivity contribution in [3.63, 3.8) is 0 Å². The van der Waals surface area contributed by atoms with Crippen LogP contribution in [0.4, 0.5) is 0 Å². The number of hydrogen-bond acceptors (Lipinski definition) is 1. The Bertz CT molecular complexity index is 345. The molecule has 0 aromatic carbocycles. The lowest BCUT2D eigenvalue weighted by Crippen LogP contribution is -2.22. The summed E-state index contributed by atoms with van der Waals surface area (Å²) < 4.78 is 2.29. The standard InChI is InChI=1S/C12H20N2/c1-9-8-10(2)14(3)11(9)4-5-12(13)6-7-12/h8H,4-7,13H2,1-3H3. The molecule has 1 aromatic heterocycles. The molecule has 1 aliphatic rings. The van der Waals surface area contributed by atoms with Gasteiger partial charge in [0.15, 0.2) is 0 Å². The summed E-state index contributed by atoms with van der Waals surface area (Å²) in [5, 5.41) is 0. The quantitative estimate of drug-likeness (QED) is 0.781. The minimum Gasteiger partial charge on any atom is -0.352 e. The fourth-order valence-electron chi connectivity index (χ4n) is 2.11. The lowest BCUT2D eigenvalue weighted by molar-refractivity contribution is 0.591. The van der Waals surface area contributed by atoms with Crippen LogP contribution in [0.15, 0.2) is 6.07 Å². The van der Waals surface area contributed by atoms with E-state index in [-0.39, 0.29) is 5.54 Å². The fourth-order valence-corrected chi connectivity index (χ4v) is 2.11. The van der Waals surface area contributed by atoms with Gasteiger partial charge in [-0.15, -0.1) is 0 Å². The van der Waals surface area contributed by atoms with E-state index in [9.17, 15) is 0 Å². The first-order valence-electron chi connectivity index (χ1n) is 5.42. The number of nitrogens with two attached hydrogens (primary N) is 1. The van der Waals surface area contributed by atoms with E-state index in [1.165, 1.54) is 29.8 Å². The Morgan fingerprint density at radius 2 is 2.07 bits per heavy atom. The van der Waals surface area contributed by atoms with E-state index < -0.39 is 0 Å². The van der Waals surface area contributed by atoms with Crippen LogP contribution in [0, 0.1) is 13.8 Å². The Hall–Kier alpha value is -0.760. The largest absolute Gasteiger partial charge is 0.352 e. The maximum atomic E-state index is 6.09. The Kier molecular flexibility index (Phi) is 2.18. The molecular weight excluding hydrogens is 172 g/mol. The highest BCUT2D eigenvalue weighted by Gasteiger charge is 2.37. The summed E-state index contributed by atoms with van der Waals surface area (Å²) in [5.41, 5.74) is 10.5. The molecule has 0 bridgehead atoms. The molecule has 2 N–H and O–H groups in total. The topological polar surface area (TPSA) is 30.9 Å². The average Bonchev–Trinajstić information content (AvgIpc) is 2.78. The van der Waals surface area contributed by atoms with Gasteiger partial charge in [-0.3, -0.25) is 0 Å². The van der Waals surface area contributed by atoms with Crippen molar-refractivity contribution in [3.8, 4) is 0 Å². The normalized spacial score (nSPS) is 18.6. The molecule has 1 aliphatic carbocycles. The van der Waals surface area contributed by atoms with Crippen LogP contribution in [0.2, 0.25) is 0 Å². The van der Waals surface area contributed by atoms with E-state index in [2.05, 4.69) is 31.5 Å². The lowest BCUT2D eigenvalue weighted by Gasteiger charge is -2.10. The molecule has 1 aromatic rings. The number of aromatic nitrogens is 1. The van der Waals surface area contributed by atoms with Gasteiger partial charge in [0.1, 0.15) is 0 Å². The van der Waals surface area contributed by atoms with E-state index in [1.807, 2.05) is 0 Å². The summed E-state index contributed by atoms with van der Waals surface area (Å²) in [7, 11) is 2.15. The SMILES string of the molecule is Cc1cc(C)n(C)c1CCC1(N)CC1. The molecule has 0 aliphatic heterocycles. The third kappa shape index (κ3) is 1.71. The van der Waals surface area contributed by atoms with Crippen LogP contribution in [0.25, 0.3) is 0 Å². The van der Waals surface area contributed by atoms with Gasteiger partial charge in [0.05, 0.1) is 0 Å². The zero-order chi connectivity index (χ0) is 10.3. The van der Waals surface area contributed by atoms with Gasteiger partial charge in [-0.05, 0) is 51.2 Å². The second-order valence-corrected chi connectivity index (χ2v) is 4.84. The molecule has 1 fully saturated rings. The van der Waals surface area contributed by atoms with Gasteiger partial charge in [-0.25, -0.2) is 0 Å². The highest BCUT2D eigenvalue weighted by Crippen LogP contribution is 2.36. The van der Waals surface area contributed by atoms with Crippen molar-refractivity contribution in [1.82, 2.24) is 4.57 Å². The number of nitrogens with zero attached hydrogens (tertiary/aromatic N) is 1. The van der Waals surface area contributed by atoms with E-state index in [0.29, 0.717) is 0 Å². The first-order chi connectivity index (χ1) is 6.52. The van der Waals surface area contributed by atoms with Gasteiger partial charge in [0.2, 0.25) is 0 Å². The molecule has 0 amide bonds. The summed E-state index contributed by atoms with van der Waals surface area (Å²) in [6.07, 6.45) is 4.71. The van der Waals surface area contributed by atoms with Gasteiger partial charge in [0.25, 0.3) is 0 Å². The summed E-state index contributed by atoms with van der Waals surface area (Å²) >= 11 is 0. The van der Waals surface area contributed by atoms with E-state index in [1.54, 1.807) is 0 Å². The average molecular weight is 192 g/mol. The van der Waals surface area contributed by atoms with Crippen molar-refractivity contribution in [2.24, 2.45) is 12.8 Å². The number of aryl methyl sites for hydroxylation is 2. The molecule has 0 radical (unpaired) electrons. The van der Waals surface area contributed by atoms with Crippen molar-refractivity contribution in [3.05, 3.63) is 23.0 Å². The van der Waals surface area contributed by atoms with Crippen molar-refractivity contribution in [2.75, 3.05) is 0 Å². The smallest absolute Gasteiger partial charge is 0.0204 e. The van der Waals surface area contributed by atoms with Gasteiger partial charge in [-0.1, -0.05) is 0 Å². The molecule has 14 heavy (non-hydrogen) atoms. The predicted molar refractivity (Wildman–Crippen MR) is 59.4 cm³/mol. The van der Waals surface area contributed by atoms with Crippen molar-refractivity contribution in [2.45, 2.75) is 45.1 Å². The van der Waals surface area contributed by atoms with Crippen molar-refractivity contribution in [1.29, 1.82) is 0 Å². The van der Waals surface area contributed by atoms with Gasteiger partial charge in [-0.2, -0.15) is 0 Å². The maximum absolute atomic E-state index is 6.09. The second-order valence-electron chi connectivity index (χ2n) is 4.84. The Morgan fingerprint density at radius 1 is 1.43 bits per heavy atom. The molecule has 0 atom stereocenters. The third-order valence-corrected chi connectivity index (χ3v) is 3.57. The molecule has 0 saturated heterocycles. The van der Waals surface area contributed by atoms with Crippen LogP contribution in [-0.4, -0.2) is 10.1 Å². The highest BCUT2D eigenvalue weighted by atomic mass is 15.0. The van der Waals surface area contributed by atoms with Crippen LogP contribution >= 0.6 is 0 Å². The molecule has 1 heterocycles. The summed E-state index contributed by atoms with van der Waals surface area (Å²) in [6.45, 7) is 4.35. The molecule has 1 saturated carbocycles. The van der Waals surface area contributed by atoms with E-state index in [0.717, 1.165) is 12.8 Å². The van der Waals surface area contributed by atoms with Crippen LogP contribution in [0.3, 0.4) is 0 Å². The number of rotatable bonds is 3. The first kappa shape index (κ1) is 9.78. The molecule has 2 heteroatoms. The van der Waals surface area contributed by atoms with E-state index >= 15 is 0 Å².